The van der Waals surface area contributed by atoms with Crippen LogP contribution in [0.3, 0.4) is 0 Å². The third-order valence-corrected chi connectivity index (χ3v) is 3.84. The Labute approximate surface area is 124 Å². The summed E-state index contributed by atoms with van der Waals surface area (Å²) in [4.78, 5) is 1.13. The molecular formula is C17H18O2S. The normalized spacial score (nSPS) is 10.0. The first kappa shape index (κ1) is 14.6. The van der Waals surface area contributed by atoms with Gasteiger partial charge in [-0.05, 0) is 38.0 Å². The van der Waals surface area contributed by atoms with Crippen LogP contribution in [0.4, 0.5) is 0 Å². The molecule has 0 spiro atoms. The van der Waals surface area contributed by atoms with Gasteiger partial charge < -0.3 is 9.84 Å². The Kier molecular flexibility index (Phi) is 4.84. The molecule has 2 nitrogen and oxygen atoms in total. The fraction of sp³-hybridized carbons (Fsp3) is 0.294. The Morgan fingerprint density at radius 3 is 2.50 bits per heavy atom. The number of aliphatic hydroxyl groups excluding tert-OH is 1. The van der Waals surface area contributed by atoms with Gasteiger partial charge >= 0.3 is 0 Å². The van der Waals surface area contributed by atoms with Crippen LogP contribution in [0, 0.1) is 32.6 Å². The molecule has 2 aromatic rings. The molecule has 2 rings (SSSR count). The Balaban J connectivity index is 2.07. The van der Waals surface area contributed by atoms with Gasteiger partial charge in [-0.2, -0.15) is 0 Å². The first-order valence-corrected chi connectivity index (χ1v) is 7.36. The van der Waals surface area contributed by atoms with Crippen molar-refractivity contribution in [2.24, 2.45) is 0 Å². The zero-order chi connectivity index (χ0) is 14.5. The van der Waals surface area contributed by atoms with Crippen LogP contribution in [-0.2, 0) is 6.61 Å². The summed E-state index contributed by atoms with van der Waals surface area (Å²) in [5.74, 6) is 6.51. The number of benzene rings is 1. The van der Waals surface area contributed by atoms with Gasteiger partial charge in [-0.3, -0.25) is 0 Å². The SMILES string of the molecule is Cc1cc(C)c(OCc2cc(C#CCO)cs2)c(C)c1. The fourth-order valence-electron chi connectivity index (χ4n) is 2.20. The van der Waals surface area contributed by atoms with Crippen LogP contribution >= 0.6 is 11.3 Å². The largest absolute Gasteiger partial charge is 0.488 e. The lowest BCUT2D eigenvalue weighted by atomic mass is 10.1. The lowest BCUT2D eigenvalue weighted by Crippen LogP contribution is -1.98. The highest BCUT2D eigenvalue weighted by atomic mass is 32.1. The molecule has 0 bridgehead atoms. The fourth-order valence-corrected chi connectivity index (χ4v) is 2.93. The molecule has 1 heterocycles. The maximum atomic E-state index is 8.67. The second-order valence-corrected chi connectivity index (χ2v) is 5.77. The summed E-state index contributed by atoms with van der Waals surface area (Å²) in [6.45, 7) is 6.68. The average molecular weight is 286 g/mol. The number of thiophene rings is 1. The van der Waals surface area contributed by atoms with Crippen molar-refractivity contribution in [1.29, 1.82) is 0 Å². The van der Waals surface area contributed by atoms with E-state index >= 15 is 0 Å². The van der Waals surface area contributed by atoms with E-state index in [1.54, 1.807) is 11.3 Å². The van der Waals surface area contributed by atoms with Crippen molar-refractivity contribution in [3.63, 3.8) is 0 Å². The van der Waals surface area contributed by atoms with Crippen LogP contribution in [0.5, 0.6) is 5.75 Å². The van der Waals surface area contributed by atoms with Crippen molar-refractivity contribution in [1.82, 2.24) is 0 Å². The highest BCUT2D eigenvalue weighted by molar-refractivity contribution is 7.10. The predicted molar refractivity (Wildman–Crippen MR) is 83.3 cm³/mol. The van der Waals surface area contributed by atoms with E-state index in [4.69, 9.17) is 9.84 Å². The van der Waals surface area contributed by atoms with Gasteiger partial charge in [-0.25, -0.2) is 0 Å². The standard InChI is InChI=1S/C17H18O2S/c1-12-7-13(2)17(14(3)8-12)19-10-16-9-15(11-20-16)5-4-6-18/h7-9,11,18H,6,10H2,1-3H3. The average Bonchev–Trinajstić information content (AvgIpc) is 2.83. The van der Waals surface area contributed by atoms with Gasteiger partial charge in [0.1, 0.15) is 19.0 Å². The molecule has 1 N–H and O–H groups in total. The lowest BCUT2D eigenvalue weighted by Gasteiger charge is -2.12. The van der Waals surface area contributed by atoms with Gasteiger partial charge in [0, 0.05) is 15.8 Å². The summed E-state index contributed by atoms with van der Waals surface area (Å²) in [7, 11) is 0. The number of hydrogen-bond donors (Lipinski definition) is 1. The van der Waals surface area contributed by atoms with Crippen molar-refractivity contribution in [2.45, 2.75) is 27.4 Å². The highest BCUT2D eigenvalue weighted by Crippen LogP contribution is 2.26. The van der Waals surface area contributed by atoms with E-state index in [0.717, 1.165) is 16.2 Å². The monoisotopic (exact) mass is 286 g/mol. The summed E-state index contributed by atoms with van der Waals surface area (Å²) in [5.41, 5.74) is 4.52. The second kappa shape index (κ2) is 6.60. The molecule has 0 atom stereocenters. The minimum absolute atomic E-state index is 0.108. The van der Waals surface area contributed by atoms with Crippen molar-refractivity contribution in [3.05, 3.63) is 50.7 Å². The molecule has 0 aliphatic carbocycles. The second-order valence-electron chi connectivity index (χ2n) is 4.78. The van der Waals surface area contributed by atoms with Gasteiger partial charge in [0.15, 0.2) is 0 Å². The minimum atomic E-state index is -0.108. The third-order valence-electron chi connectivity index (χ3n) is 2.93. The van der Waals surface area contributed by atoms with Crippen molar-refractivity contribution in [2.75, 3.05) is 6.61 Å². The molecule has 0 aliphatic rings. The molecule has 3 heteroatoms. The molecule has 0 unspecified atom stereocenters. The number of aryl methyl sites for hydroxylation is 3. The van der Waals surface area contributed by atoms with Crippen molar-refractivity contribution in [3.8, 4) is 17.6 Å². The Morgan fingerprint density at radius 1 is 1.15 bits per heavy atom. The van der Waals surface area contributed by atoms with Gasteiger partial charge in [-0.15, -0.1) is 11.3 Å². The van der Waals surface area contributed by atoms with E-state index in [1.807, 2.05) is 11.4 Å². The van der Waals surface area contributed by atoms with Gasteiger partial charge in [0.05, 0.1) is 0 Å². The van der Waals surface area contributed by atoms with Crippen LogP contribution in [0.2, 0.25) is 0 Å². The van der Waals surface area contributed by atoms with Gasteiger partial charge in [0.25, 0.3) is 0 Å². The summed E-state index contributed by atoms with van der Waals surface area (Å²) in [5, 5.41) is 10.7. The summed E-state index contributed by atoms with van der Waals surface area (Å²) in [6.07, 6.45) is 0. The zero-order valence-corrected chi connectivity index (χ0v) is 12.8. The molecule has 0 amide bonds. The Morgan fingerprint density at radius 2 is 1.85 bits per heavy atom. The van der Waals surface area contributed by atoms with Crippen LogP contribution in [0.25, 0.3) is 0 Å². The maximum absolute atomic E-state index is 8.67. The zero-order valence-electron chi connectivity index (χ0n) is 12.0. The van der Waals surface area contributed by atoms with E-state index in [-0.39, 0.29) is 6.61 Å². The van der Waals surface area contributed by atoms with Gasteiger partial charge in [0.2, 0.25) is 0 Å². The highest BCUT2D eigenvalue weighted by Gasteiger charge is 2.06. The Bertz CT molecular complexity index is 636. The molecule has 1 aromatic carbocycles. The number of aliphatic hydroxyl groups is 1. The number of ether oxygens (including phenoxy) is 1. The summed E-state index contributed by atoms with van der Waals surface area (Å²) < 4.78 is 5.94. The maximum Gasteiger partial charge on any atom is 0.125 e. The quantitative estimate of drug-likeness (QED) is 0.874. The smallest absolute Gasteiger partial charge is 0.125 e. The number of rotatable bonds is 3. The molecule has 0 saturated heterocycles. The molecule has 1 aromatic heterocycles. The summed E-state index contributed by atoms with van der Waals surface area (Å²) >= 11 is 1.62. The van der Waals surface area contributed by atoms with Gasteiger partial charge in [-0.1, -0.05) is 29.5 Å². The molecule has 0 radical (unpaired) electrons. The first-order valence-electron chi connectivity index (χ1n) is 6.48. The van der Waals surface area contributed by atoms with Crippen LogP contribution in [0.15, 0.2) is 23.6 Å². The lowest BCUT2D eigenvalue weighted by molar-refractivity contribution is 0.305. The first-order chi connectivity index (χ1) is 9.60. The molecule has 0 saturated carbocycles. The molecule has 0 fully saturated rings. The van der Waals surface area contributed by atoms with Crippen LogP contribution < -0.4 is 4.74 Å². The Hall–Kier alpha value is -1.76. The van der Waals surface area contributed by atoms with E-state index in [1.165, 1.54) is 16.7 Å². The third kappa shape index (κ3) is 3.63. The molecular weight excluding hydrogens is 268 g/mol. The van der Waals surface area contributed by atoms with Crippen LogP contribution in [-0.4, -0.2) is 11.7 Å². The minimum Gasteiger partial charge on any atom is -0.488 e. The predicted octanol–water partition coefficient (Wildman–Crippen LogP) is 3.60. The van der Waals surface area contributed by atoms with Crippen LogP contribution in [0.1, 0.15) is 27.1 Å². The number of hydrogen-bond acceptors (Lipinski definition) is 3. The van der Waals surface area contributed by atoms with E-state index in [0.29, 0.717) is 6.61 Å². The molecule has 104 valence electrons. The van der Waals surface area contributed by atoms with Crippen molar-refractivity contribution < 1.29 is 9.84 Å². The van der Waals surface area contributed by atoms with Crippen molar-refractivity contribution >= 4 is 11.3 Å². The summed E-state index contributed by atoms with van der Waals surface area (Å²) in [6, 6.07) is 6.27. The van der Waals surface area contributed by atoms with E-state index in [2.05, 4.69) is 44.7 Å². The van der Waals surface area contributed by atoms with E-state index in [9.17, 15) is 0 Å². The molecule has 0 aliphatic heterocycles. The topological polar surface area (TPSA) is 29.5 Å². The van der Waals surface area contributed by atoms with E-state index < -0.39 is 0 Å². The molecule has 20 heavy (non-hydrogen) atoms.